The Hall–Kier alpha value is -2.76. The topological polar surface area (TPSA) is 79.9 Å². The van der Waals surface area contributed by atoms with Gasteiger partial charge in [-0.1, -0.05) is 17.8 Å². The molecule has 0 atom stereocenters. The number of ether oxygens (including phenoxy) is 1. The molecule has 0 unspecified atom stereocenters. The van der Waals surface area contributed by atoms with Crippen LogP contribution in [0.3, 0.4) is 0 Å². The summed E-state index contributed by atoms with van der Waals surface area (Å²) in [6.07, 6.45) is 6.57. The molecule has 1 aromatic carbocycles. The van der Waals surface area contributed by atoms with Crippen molar-refractivity contribution in [3.8, 4) is 17.5 Å². The van der Waals surface area contributed by atoms with Crippen LogP contribution in [0.1, 0.15) is 22.4 Å². The van der Waals surface area contributed by atoms with Gasteiger partial charge < -0.3 is 10.1 Å². The molecule has 1 amide bonds. The van der Waals surface area contributed by atoms with Gasteiger partial charge in [-0.05, 0) is 37.0 Å². The van der Waals surface area contributed by atoms with Crippen LogP contribution in [0.4, 0.5) is 5.00 Å². The number of anilines is 1. The maximum absolute atomic E-state index is 12.5. The molecule has 2 aromatic heterocycles. The van der Waals surface area contributed by atoms with Crippen molar-refractivity contribution >= 4 is 34.0 Å². The fourth-order valence-corrected chi connectivity index (χ4v) is 5.29. The quantitative estimate of drug-likeness (QED) is 0.621. The Morgan fingerprint density at radius 3 is 3.18 bits per heavy atom. The fraction of sp³-hybridized carbons (Fsp3) is 0.250. The number of imidazole rings is 1. The Morgan fingerprint density at radius 1 is 1.46 bits per heavy atom. The first kappa shape index (κ1) is 18.6. The van der Waals surface area contributed by atoms with Gasteiger partial charge in [0.05, 0.1) is 24.1 Å². The minimum absolute atomic E-state index is 0.137. The van der Waals surface area contributed by atoms with Gasteiger partial charge in [0.25, 0.3) is 0 Å². The number of amides is 1. The van der Waals surface area contributed by atoms with Crippen molar-refractivity contribution in [2.75, 3.05) is 18.2 Å². The van der Waals surface area contributed by atoms with Gasteiger partial charge in [-0.25, -0.2) is 4.98 Å². The lowest BCUT2D eigenvalue weighted by atomic mass is 10.1. The maximum atomic E-state index is 12.5. The molecule has 1 aliphatic rings. The van der Waals surface area contributed by atoms with E-state index in [0.29, 0.717) is 10.6 Å². The predicted molar refractivity (Wildman–Crippen MR) is 111 cm³/mol. The van der Waals surface area contributed by atoms with Crippen LogP contribution in [0, 0.1) is 11.3 Å². The summed E-state index contributed by atoms with van der Waals surface area (Å²) in [7, 11) is 1.63. The van der Waals surface area contributed by atoms with E-state index in [9.17, 15) is 10.1 Å². The van der Waals surface area contributed by atoms with E-state index in [4.69, 9.17) is 4.74 Å². The van der Waals surface area contributed by atoms with Gasteiger partial charge in [-0.3, -0.25) is 9.36 Å². The normalized spacial score (nSPS) is 12.4. The van der Waals surface area contributed by atoms with Gasteiger partial charge in [0.2, 0.25) is 5.91 Å². The molecule has 1 N–H and O–H groups in total. The molecule has 28 heavy (non-hydrogen) atoms. The molecular formula is C20H18N4O2S2. The zero-order valence-corrected chi connectivity index (χ0v) is 16.9. The largest absolute Gasteiger partial charge is 0.497 e. The molecule has 0 fully saturated rings. The summed E-state index contributed by atoms with van der Waals surface area (Å²) in [5.41, 5.74) is 2.67. The van der Waals surface area contributed by atoms with E-state index in [-0.39, 0.29) is 11.7 Å². The van der Waals surface area contributed by atoms with Crippen molar-refractivity contribution in [3.05, 3.63) is 52.7 Å². The second-order valence-corrected chi connectivity index (χ2v) is 8.34. The van der Waals surface area contributed by atoms with E-state index >= 15 is 0 Å². The number of hydrogen-bond acceptors (Lipinski definition) is 6. The van der Waals surface area contributed by atoms with Crippen molar-refractivity contribution in [2.24, 2.45) is 0 Å². The molecule has 142 valence electrons. The van der Waals surface area contributed by atoms with E-state index in [1.165, 1.54) is 28.0 Å². The molecule has 0 saturated heterocycles. The van der Waals surface area contributed by atoms with Crippen LogP contribution in [0.25, 0.3) is 5.69 Å². The number of hydrogen-bond donors (Lipinski definition) is 1. The number of thiophene rings is 1. The number of benzene rings is 1. The van der Waals surface area contributed by atoms with Crippen molar-refractivity contribution in [1.82, 2.24) is 9.55 Å². The molecule has 1 aliphatic carbocycles. The number of aryl methyl sites for hydroxylation is 1. The first-order valence-corrected chi connectivity index (χ1v) is 10.6. The number of carbonyl (C=O) groups excluding carboxylic acids is 1. The van der Waals surface area contributed by atoms with Crippen LogP contribution < -0.4 is 10.1 Å². The summed E-state index contributed by atoms with van der Waals surface area (Å²) in [4.78, 5) is 18.0. The lowest BCUT2D eigenvalue weighted by Crippen LogP contribution is -2.14. The Kier molecular flexibility index (Phi) is 5.37. The van der Waals surface area contributed by atoms with Gasteiger partial charge in [0, 0.05) is 23.3 Å². The van der Waals surface area contributed by atoms with Crippen LogP contribution in [0.5, 0.6) is 5.75 Å². The highest BCUT2D eigenvalue weighted by Gasteiger charge is 2.23. The summed E-state index contributed by atoms with van der Waals surface area (Å²) < 4.78 is 7.19. The van der Waals surface area contributed by atoms with Gasteiger partial charge >= 0.3 is 0 Å². The first-order chi connectivity index (χ1) is 13.7. The number of nitrogens with zero attached hydrogens (tertiary/aromatic N) is 3. The SMILES string of the molecule is COc1cccc(-n2ccnc2SCC(=O)Nc2sc3c(c2C#N)CCC3)c1. The number of fused-ring (bicyclic) bond motifs is 1. The summed E-state index contributed by atoms with van der Waals surface area (Å²) >= 11 is 2.88. The highest BCUT2D eigenvalue weighted by Crippen LogP contribution is 2.38. The number of methoxy groups -OCH3 is 1. The first-order valence-electron chi connectivity index (χ1n) is 8.84. The van der Waals surface area contributed by atoms with Gasteiger partial charge in [0.1, 0.15) is 16.8 Å². The minimum Gasteiger partial charge on any atom is -0.497 e. The molecule has 4 rings (SSSR count). The molecule has 0 saturated carbocycles. The van der Waals surface area contributed by atoms with Crippen LogP contribution in [0.15, 0.2) is 41.8 Å². The number of nitrogens with one attached hydrogen (secondary N) is 1. The van der Waals surface area contributed by atoms with Crippen molar-refractivity contribution in [1.29, 1.82) is 5.26 Å². The minimum atomic E-state index is -0.137. The number of nitriles is 1. The zero-order valence-electron chi connectivity index (χ0n) is 15.3. The zero-order chi connectivity index (χ0) is 19.5. The molecule has 2 heterocycles. The molecule has 0 bridgehead atoms. The maximum Gasteiger partial charge on any atom is 0.235 e. The third-order valence-electron chi connectivity index (χ3n) is 4.56. The Labute approximate surface area is 171 Å². The van der Waals surface area contributed by atoms with Gasteiger partial charge in [0.15, 0.2) is 5.16 Å². The molecule has 0 spiro atoms. The Bertz CT molecular complexity index is 1060. The molecule has 0 aliphatic heterocycles. The number of thioether (sulfide) groups is 1. The molecule has 0 radical (unpaired) electrons. The van der Waals surface area contributed by atoms with Gasteiger partial charge in [-0.2, -0.15) is 5.26 Å². The average molecular weight is 411 g/mol. The number of aromatic nitrogens is 2. The number of rotatable bonds is 6. The lowest BCUT2D eigenvalue weighted by molar-refractivity contribution is -0.113. The lowest BCUT2D eigenvalue weighted by Gasteiger charge is -2.09. The average Bonchev–Trinajstić information content (AvgIpc) is 3.42. The summed E-state index contributed by atoms with van der Waals surface area (Å²) in [5, 5.41) is 13.8. The molecular weight excluding hydrogens is 392 g/mol. The van der Waals surface area contributed by atoms with E-state index in [1.54, 1.807) is 13.3 Å². The summed E-state index contributed by atoms with van der Waals surface area (Å²) in [6, 6.07) is 9.92. The van der Waals surface area contributed by atoms with Crippen LogP contribution >= 0.6 is 23.1 Å². The van der Waals surface area contributed by atoms with E-state index in [1.807, 2.05) is 35.0 Å². The highest BCUT2D eigenvalue weighted by molar-refractivity contribution is 7.99. The third-order valence-corrected chi connectivity index (χ3v) is 6.73. The fourth-order valence-electron chi connectivity index (χ4n) is 3.26. The monoisotopic (exact) mass is 410 g/mol. The highest BCUT2D eigenvalue weighted by atomic mass is 32.2. The van der Waals surface area contributed by atoms with E-state index in [0.717, 1.165) is 41.4 Å². The van der Waals surface area contributed by atoms with E-state index < -0.39 is 0 Å². The Balaban J connectivity index is 1.44. The second-order valence-electron chi connectivity index (χ2n) is 6.29. The summed E-state index contributed by atoms with van der Waals surface area (Å²) in [6.45, 7) is 0. The molecule has 3 aromatic rings. The summed E-state index contributed by atoms with van der Waals surface area (Å²) in [5.74, 6) is 0.838. The Morgan fingerprint density at radius 2 is 2.36 bits per heavy atom. The van der Waals surface area contributed by atoms with Gasteiger partial charge in [-0.15, -0.1) is 11.3 Å². The second kappa shape index (κ2) is 8.09. The van der Waals surface area contributed by atoms with E-state index in [2.05, 4.69) is 16.4 Å². The van der Waals surface area contributed by atoms with Crippen molar-refractivity contribution in [3.63, 3.8) is 0 Å². The van der Waals surface area contributed by atoms with Crippen LogP contribution in [-0.4, -0.2) is 28.3 Å². The third kappa shape index (κ3) is 3.63. The van der Waals surface area contributed by atoms with Crippen LogP contribution in [0.2, 0.25) is 0 Å². The van der Waals surface area contributed by atoms with Crippen molar-refractivity contribution in [2.45, 2.75) is 24.4 Å². The standard InChI is InChI=1S/C20H18N4O2S2/c1-26-14-5-2-4-13(10-14)24-9-8-22-20(24)27-12-18(25)23-19-16(11-21)15-6-3-7-17(15)28-19/h2,4-5,8-10H,3,6-7,12H2,1H3,(H,23,25). The van der Waals surface area contributed by atoms with Crippen molar-refractivity contribution < 1.29 is 9.53 Å². The molecule has 8 heteroatoms. The number of carbonyl (C=O) groups is 1. The predicted octanol–water partition coefficient (Wildman–Crippen LogP) is 4.03. The molecule has 6 nitrogen and oxygen atoms in total. The smallest absolute Gasteiger partial charge is 0.235 e. The van der Waals surface area contributed by atoms with Crippen LogP contribution in [-0.2, 0) is 17.6 Å².